The SMILES string of the molecule is CC(=O)C1C2CCC(C2)C1(C)C.CC1C(C)(C)C2=C(C(=O)CCC2)C1(C)C. The fourth-order valence-corrected chi connectivity index (χ4v) is 7.33. The summed E-state index contributed by atoms with van der Waals surface area (Å²) in [6.45, 7) is 17.7. The Morgan fingerprint density at radius 3 is 2.04 bits per heavy atom. The average Bonchev–Trinajstić information content (AvgIpc) is 3.15. The molecule has 2 bridgehead atoms. The number of hydrogen-bond acceptors (Lipinski definition) is 2. The maximum Gasteiger partial charge on any atom is 0.159 e. The second-order valence-corrected chi connectivity index (χ2v) is 11.5. The molecule has 0 aromatic rings. The van der Waals surface area contributed by atoms with Gasteiger partial charge in [-0.05, 0) is 73.0 Å². The lowest BCUT2D eigenvalue weighted by molar-refractivity contribution is -0.126. The number of carbonyl (C=O) groups excluding carboxylic acids is 2. The highest BCUT2D eigenvalue weighted by atomic mass is 16.1. The fraction of sp³-hybridized carbons (Fsp3) is 0.840. The summed E-state index contributed by atoms with van der Waals surface area (Å²) in [4.78, 5) is 23.5. The summed E-state index contributed by atoms with van der Waals surface area (Å²) >= 11 is 0. The van der Waals surface area contributed by atoms with Crippen LogP contribution in [0.5, 0.6) is 0 Å². The third kappa shape index (κ3) is 3.06. The van der Waals surface area contributed by atoms with E-state index in [1.165, 1.54) is 30.4 Å². The monoisotopic (exact) mass is 372 g/mol. The van der Waals surface area contributed by atoms with Crippen LogP contribution in [0.4, 0.5) is 0 Å². The lowest BCUT2D eigenvalue weighted by Gasteiger charge is -2.36. The van der Waals surface area contributed by atoms with Gasteiger partial charge in [-0.1, -0.05) is 54.0 Å². The van der Waals surface area contributed by atoms with Crippen LogP contribution >= 0.6 is 0 Å². The molecule has 0 radical (unpaired) electrons. The average molecular weight is 373 g/mol. The molecule has 2 nitrogen and oxygen atoms in total. The van der Waals surface area contributed by atoms with E-state index < -0.39 is 0 Å². The summed E-state index contributed by atoms with van der Waals surface area (Å²) in [5, 5.41) is 0. The molecule has 0 N–H and O–H groups in total. The van der Waals surface area contributed by atoms with E-state index in [2.05, 4.69) is 48.5 Å². The van der Waals surface area contributed by atoms with Gasteiger partial charge in [-0.2, -0.15) is 0 Å². The molecule has 27 heavy (non-hydrogen) atoms. The van der Waals surface area contributed by atoms with Crippen LogP contribution in [0.15, 0.2) is 11.1 Å². The molecule has 0 amide bonds. The molecule has 2 fully saturated rings. The van der Waals surface area contributed by atoms with E-state index in [9.17, 15) is 9.59 Å². The zero-order chi connectivity index (χ0) is 20.4. The van der Waals surface area contributed by atoms with Crippen molar-refractivity contribution in [2.24, 2.45) is 39.9 Å². The topological polar surface area (TPSA) is 34.1 Å². The van der Waals surface area contributed by atoms with Gasteiger partial charge in [0.05, 0.1) is 0 Å². The van der Waals surface area contributed by atoms with Crippen LogP contribution in [0.3, 0.4) is 0 Å². The zero-order valence-corrected chi connectivity index (χ0v) is 18.9. The molecule has 0 aliphatic heterocycles. The summed E-state index contributed by atoms with van der Waals surface area (Å²) in [5.41, 5.74) is 3.22. The number of carbonyl (C=O) groups is 2. The first kappa shape index (κ1) is 20.8. The molecule has 4 aliphatic carbocycles. The molecule has 0 heterocycles. The Hall–Kier alpha value is -0.920. The quantitative estimate of drug-likeness (QED) is 0.535. The van der Waals surface area contributed by atoms with Gasteiger partial charge >= 0.3 is 0 Å². The molecular formula is C25H40O2. The van der Waals surface area contributed by atoms with Crippen molar-refractivity contribution in [1.82, 2.24) is 0 Å². The van der Waals surface area contributed by atoms with E-state index in [4.69, 9.17) is 0 Å². The summed E-state index contributed by atoms with van der Waals surface area (Å²) in [6, 6.07) is 0. The van der Waals surface area contributed by atoms with Crippen LogP contribution in [0.1, 0.15) is 93.9 Å². The molecule has 0 aromatic heterocycles. The fourth-order valence-electron chi connectivity index (χ4n) is 7.33. The minimum atomic E-state index is 0.0797. The van der Waals surface area contributed by atoms with Gasteiger partial charge in [0.25, 0.3) is 0 Å². The Labute approximate surface area is 166 Å². The van der Waals surface area contributed by atoms with E-state index in [0.717, 1.165) is 31.1 Å². The van der Waals surface area contributed by atoms with Crippen LogP contribution < -0.4 is 0 Å². The third-order valence-electron chi connectivity index (χ3n) is 9.23. The molecule has 4 aliphatic rings. The van der Waals surface area contributed by atoms with Gasteiger partial charge in [0.1, 0.15) is 5.78 Å². The van der Waals surface area contributed by atoms with Gasteiger partial charge < -0.3 is 0 Å². The van der Waals surface area contributed by atoms with Crippen LogP contribution in [0.25, 0.3) is 0 Å². The van der Waals surface area contributed by atoms with Crippen LogP contribution in [-0.4, -0.2) is 11.6 Å². The van der Waals surface area contributed by atoms with Crippen molar-refractivity contribution in [3.05, 3.63) is 11.1 Å². The molecule has 2 saturated carbocycles. The van der Waals surface area contributed by atoms with Gasteiger partial charge in [0.2, 0.25) is 0 Å². The van der Waals surface area contributed by atoms with Gasteiger partial charge in [-0.3, -0.25) is 9.59 Å². The van der Waals surface area contributed by atoms with E-state index >= 15 is 0 Å². The van der Waals surface area contributed by atoms with E-state index in [-0.39, 0.29) is 10.8 Å². The van der Waals surface area contributed by atoms with Crippen molar-refractivity contribution in [1.29, 1.82) is 0 Å². The highest BCUT2D eigenvalue weighted by Gasteiger charge is 2.54. The normalized spacial score (nSPS) is 37.7. The molecule has 152 valence electrons. The molecule has 4 atom stereocenters. The smallest absolute Gasteiger partial charge is 0.159 e. The first-order valence-electron chi connectivity index (χ1n) is 11.1. The molecule has 0 saturated heterocycles. The lowest BCUT2D eigenvalue weighted by Crippen LogP contribution is -2.35. The maximum absolute atomic E-state index is 12.1. The van der Waals surface area contributed by atoms with E-state index in [1.807, 2.05) is 0 Å². The first-order valence-corrected chi connectivity index (χ1v) is 11.1. The Kier molecular flexibility index (Phi) is 5.06. The van der Waals surface area contributed by atoms with Crippen molar-refractivity contribution in [2.75, 3.05) is 0 Å². The lowest BCUT2D eigenvalue weighted by atomic mass is 9.67. The molecule has 4 rings (SSSR count). The van der Waals surface area contributed by atoms with Gasteiger partial charge in [-0.25, -0.2) is 0 Å². The van der Waals surface area contributed by atoms with Crippen molar-refractivity contribution in [2.45, 2.75) is 93.9 Å². The Balaban J connectivity index is 0.000000159. The number of rotatable bonds is 1. The van der Waals surface area contributed by atoms with Crippen molar-refractivity contribution >= 4 is 11.6 Å². The summed E-state index contributed by atoms with van der Waals surface area (Å²) in [5.74, 6) is 3.33. The molecule has 0 spiro atoms. The van der Waals surface area contributed by atoms with E-state index in [1.54, 1.807) is 6.92 Å². The van der Waals surface area contributed by atoms with Crippen molar-refractivity contribution in [3.63, 3.8) is 0 Å². The number of ketones is 2. The third-order valence-corrected chi connectivity index (χ3v) is 9.23. The minimum Gasteiger partial charge on any atom is -0.300 e. The Morgan fingerprint density at radius 2 is 1.59 bits per heavy atom. The Morgan fingerprint density at radius 1 is 0.963 bits per heavy atom. The standard InChI is InChI=1S/C14H22O.C11H18O/c1-9-13(2,3)10-7-6-8-11(15)12(10)14(9,4)5;1-7(12)10-8-4-5-9(6-8)11(10,2)3/h9H,6-8H2,1-5H3;8-10H,4-6H2,1-3H3. The van der Waals surface area contributed by atoms with E-state index in [0.29, 0.717) is 28.8 Å². The van der Waals surface area contributed by atoms with Crippen LogP contribution in [0, 0.1) is 39.9 Å². The highest BCUT2D eigenvalue weighted by Crippen LogP contribution is 2.60. The van der Waals surface area contributed by atoms with Crippen molar-refractivity contribution < 1.29 is 9.59 Å². The summed E-state index contributed by atoms with van der Waals surface area (Å²) < 4.78 is 0. The highest BCUT2D eigenvalue weighted by molar-refractivity contribution is 5.99. The predicted molar refractivity (Wildman–Crippen MR) is 111 cm³/mol. The molecule has 4 unspecified atom stereocenters. The zero-order valence-electron chi connectivity index (χ0n) is 18.9. The molecule has 2 heteroatoms. The second-order valence-electron chi connectivity index (χ2n) is 11.5. The molecule has 0 aromatic carbocycles. The van der Waals surface area contributed by atoms with Crippen LogP contribution in [0.2, 0.25) is 0 Å². The van der Waals surface area contributed by atoms with Crippen LogP contribution in [-0.2, 0) is 9.59 Å². The Bertz CT molecular complexity index is 676. The second kappa shape index (κ2) is 6.56. The molecular weight excluding hydrogens is 332 g/mol. The largest absolute Gasteiger partial charge is 0.300 e. The van der Waals surface area contributed by atoms with Gasteiger partial charge in [-0.15, -0.1) is 0 Å². The van der Waals surface area contributed by atoms with Gasteiger partial charge in [0.15, 0.2) is 5.78 Å². The summed E-state index contributed by atoms with van der Waals surface area (Å²) in [7, 11) is 0. The first-order chi connectivity index (χ1) is 12.3. The van der Waals surface area contributed by atoms with Crippen molar-refractivity contribution in [3.8, 4) is 0 Å². The van der Waals surface area contributed by atoms with Gasteiger partial charge in [0, 0.05) is 17.9 Å². The number of allylic oxidation sites excluding steroid dienone is 2. The number of fused-ring (bicyclic) bond motifs is 2. The maximum atomic E-state index is 12.1. The minimum absolute atomic E-state index is 0.0797. The predicted octanol–water partition coefficient (Wildman–Crippen LogP) is 6.39. The number of hydrogen-bond donors (Lipinski definition) is 0. The number of Topliss-reactive ketones (excluding diaryl/α,β-unsaturated/α-hetero) is 2. The summed E-state index contributed by atoms with van der Waals surface area (Å²) in [6.07, 6.45) is 6.95.